The number of rotatable bonds is 9. The Morgan fingerprint density at radius 1 is 1.12 bits per heavy atom. The van der Waals surface area contributed by atoms with E-state index in [4.69, 9.17) is 0 Å². The molecule has 2 aromatic rings. The predicted molar refractivity (Wildman–Crippen MR) is 111 cm³/mol. The Bertz CT molecular complexity index is 732. The van der Waals surface area contributed by atoms with E-state index >= 15 is 0 Å². The zero-order valence-corrected chi connectivity index (χ0v) is 18.2. The summed E-state index contributed by atoms with van der Waals surface area (Å²) in [5, 5.41) is 0. The first-order chi connectivity index (χ1) is 12.2. The molecule has 0 bridgehead atoms. The zero-order chi connectivity index (χ0) is 18.1. The van der Waals surface area contributed by atoms with Gasteiger partial charge in [0.05, 0.1) is 0 Å². The molecule has 0 saturated carbocycles. The summed E-state index contributed by atoms with van der Waals surface area (Å²) in [6.07, 6.45) is 6.10. The fourth-order valence-corrected chi connectivity index (χ4v) is 8.08. The molecule has 0 fully saturated rings. The minimum atomic E-state index is -1.08. The van der Waals surface area contributed by atoms with Crippen molar-refractivity contribution < 1.29 is 4.21 Å². The van der Waals surface area contributed by atoms with E-state index in [0.717, 1.165) is 30.6 Å². The zero-order valence-electron chi connectivity index (χ0n) is 15.0. The molecule has 132 valence electrons. The molecule has 0 N–H and O–H groups in total. The van der Waals surface area contributed by atoms with Crippen LogP contribution in [0.2, 0.25) is 0 Å². The number of unbranched alkanes of at least 4 members (excludes halogenated alkanes) is 1. The van der Waals surface area contributed by atoms with Crippen LogP contribution < -0.4 is 3.61 Å². The van der Waals surface area contributed by atoms with E-state index in [0.29, 0.717) is 0 Å². The van der Waals surface area contributed by atoms with Gasteiger partial charge in [-0.2, -0.15) is 0 Å². The second-order valence-electron chi connectivity index (χ2n) is 5.98. The summed E-state index contributed by atoms with van der Waals surface area (Å²) in [7, 11) is -1.08. The Hall–Kier alpha value is -1.14. The number of aryl methyl sites for hydroxylation is 1. The van der Waals surface area contributed by atoms with E-state index in [-0.39, 0.29) is 0 Å². The van der Waals surface area contributed by atoms with Crippen LogP contribution in [-0.2, 0) is 10.8 Å². The normalized spacial score (nSPS) is 13.2. The summed E-state index contributed by atoms with van der Waals surface area (Å²) in [5.41, 5.74) is 2.53. The van der Waals surface area contributed by atoms with Gasteiger partial charge in [-0.1, -0.05) is 0 Å². The van der Waals surface area contributed by atoms with Crippen LogP contribution in [0, 0.1) is 6.92 Å². The quantitative estimate of drug-likeness (QED) is 0.371. The molecule has 0 aliphatic carbocycles. The van der Waals surface area contributed by atoms with Gasteiger partial charge in [0.15, 0.2) is 0 Å². The Balaban J connectivity index is 2.43. The number of hydrogen-bond donors (Lipinski definition) is 0. The van der Waals surface area contributed by atoms with E-state index in [1.165, 1.54) is 17.7 Å². The molecule has 0 aromatic heterocycles. The third kappa shape index (κ3) is 6.26. The van der Waals surface area contributed by atoms with E-state index in [1.807, 2.05) is 36.4 Å². The summed E-state index contributed by atoms with van der Waals surface area (Å²) in [6, 6.07) is 18.6. The van der Waals surface area contributed by atoms with Gasteiger partial charge in [0.25, 0.3) is 0 Å². The molecule has 0 spiro atoms. The minimum absolute atomic E-state index is 0.667. The van der Waals surface area contributed by atoms with Gasteiger partial charge in [0.2, 0.25) is 0 Å². The van der Waals surface area contributed by atoms with Gasteiger partial charge in [-0.3, -0.25) is 0 Å². The molecule has 2 aromatic carbocycles. The van der Waals surface area contributed by atoms with E-state index in [1.54, 1.807) is 0 Å². The summed E-state index contributed by atoms with van der Waals surface area (Å²) < 4.78 is 15.9. The van der Waals surface area contributed by atoms with Gasteiger partial charge in [-0.25, -0.2) is 0 Å². The molecule has 0 heterocycles. The topological polar surface area (TPSA) is 17.1 Å². The molecule has 3 heteroatoms. The van der Waals surface area contributed by atoms with Crippen molar-refractivity contribution in [2.24, 2.45) is 0 Å². The van der Waals surface area contributed by atoms with Crippen molar-refractivity contribution in [3.05, 3.63) is 81.3 Å². The van der Waals surface area contributed by atoms with Gasteiger partial charge < -0.3 is 0 Å². The van der Waals surface area contributed by atoms with Crippen molar-refractivity contribution in [2.45, 2.75) is 44.4 Å². The number of hydrogen-bond acceptors (Lipinski definition) is 1. The molecular weight excluding hydrogens is 440 g/mol. The van der Waals surface area contributed by atoms with Crippen molar-refractivity contribution in [2.75, 3.05) is 0 Å². The first kappa shape index (κ1) is 20.2. The molecule has 0 saturated heterocycles. The second kappa shape index (κ2) is 10.8. The SMILES string of the molecule is C=CC/C(CCCC)=C(\[Te]c1ccccc1)S(=O)c1ccc(C)cc1. The van der Waals surface area contributed by atoms with E-state index in [9.17, 15) is 4.21 Å². The van der Waals surface area contributed by atoms with Crippen LogP contribution in [0.25, 0.3) is 0 Å². The Kier molecular flexibility index (Phi) is 8.68. The molecule has 2 rings (SSSR count). The summed E-state index contributed by atoms with van der Waals surface area (Å²) in [5.74, 6) is 0. The summed E-state index contributed by atoms with van der Waals surface area (Å²) >= 11 is -0.667. The average Bonchev–Trinajstić information content (AvgIpc) is 2.64. The fourth-order valence-electron chi connectivity index (χ4n) is 2.46. The number of allylic oxidation sites excluding steroid dienone is 2. The molecule has 1 atom stereocenters. The molecule has 0 radical (unpaired) electrons. The van der Waals surface area contributed by atoms with Crippen LogP contribution >= 0.6 is 0 Å². The van der Waals surface area contributed by atoms with Gasteiger partial charge in [-0.05, 0) is 0 Å². The van der Waals surface area contributed by atoms with Crippen LogP contribution in [0.15, 0.2) is 80.7 Å². The molecule has 1 unspecified atom stereocenters. The molecule has 0 amide bonds. The number of benzene rings is 2. The second-order valence-corrected chi connectivity index (χ2v) is 11.3. The molecule has 1 nitrogen and oxygen atoms in total. The average molecular weight is 466 g/mol. The predicted octanol–water partition coefficient (Wildman–Crippen LogP) is 5.11. The van der Waals surface area contributed by atoms with Gasteiger partial charge in [-0.15, -0.1) is 0 Å². The summed E-state index contributed by atoms with van der Waals surface area (Å²) in [4.78, 5) is 0.916. The van der Waals surface area contributed by atoms with Crippen LogP contribution in [0.1, 0.15) is 38.2 Å². The third-order valence-corrected chi connectivity index (χ3v) is 9.85. The third-order valence-electron chi connectivity index (χ3n) is 3.87. The first-order valence-corrected chi connectivity index (χ1v) is 12.2. The Morgan fingerprint density at radius 2 is 1.80 bits per heavy atom. The van der Waals surface area contributed by atoms with Crippen molar-refractivity contribution in [3.63, 3.8) is 0 Å². The Labute approximate surface area is 164 Å². The van der Waals surface area contributed by atoms with Crippen molar-refractivity contribution in [1.82, 2.24) is 0 Å². The van der Waals surface area contributed by atoms with Crippen LogP contribution in [0.4, 0.5) is 0 Å². The fraction of sp³-hybridized carbons (Fsp3) is 0.273. The maximum absolute atomic E-state index is 13.4. The van der Waals surface area contributed by atoms with Crippen LogP contribution in [0.5, 0.6) is 0 Å². The van der Waals surface area contributed by atoms with E-state index < -0.39 is 31.7 Å². The molecule has 25 heavy (non-hydrogen) atoms. The van der Waals surface area contributed by atoms with Crippen molar-refractivity contribution >= 4 is 35.3 Å². The maximum atomic E-state index is 13.4. The van der Waals surface area contributed by atoms with Gasteiger partial charge in [0, 0.05) is 0 Å². The molecule has 0 aliphatic heterocycles. The standard InChI is InChI=1S/C22H26OSTe/c1-4-6-11-19(10-5-2)22(25-21-12-8-7-9-13-21)24(23)20-16-14-18(3)15-17-20/h5,7-9,12-17H,2,4,6,10-11H2,1,3H3/b22-19+. The monoisotopic (exact) mass is 468 g/mol. The molecule has 0 aliphatic rings. The van der Waals surface area contributed by atoms with Crippen LogP contribution in [0.3, 0.4) is 0 Å². The van der Waals surface area contributed by atoms with Crippen LogP contribution in [-0.4, -0.2) is 25.1 Å². The van der Waals surface area contributed by atoms with Crippen molar-refractivity contribution in [1.29, 1.82) is 0 Å². The van der Waals surface area contributed by atoms with Gasteiger partial charge >= 0.3 is 165 Å². The first-order valence-electron chi connectivity index (χ1n) is 8.70. The van der Waals surface area contributed by atoms with Crippen molar-refractivity contribution in [3.8, 4) is 0 Å². The molecular formula is C22H26OSTe. The summed E-state index contributed by atoms with van der Waals surface area (Å²) in [6.45, 7) is 8.19. The van der Waals surface area contributed by atoms with Gasteiger partial charge in [0.1, 0.15) is 0 Å². The van der Waals surface area contributed by atoms with E-state index in [2.05, 4.69) is 44.7 Å². The Morgan fingerprint density at radius 3 is 2.40 bits per heavy atom.